The van der Waals surface area contributed by atoms with Crippen molar-refractivity contribution in [2.45, 2.75) is 26.3 Å². The molecule has 0 bridgehead atoms. The lowest BCUT2D eigenvalue weighted by Crippen LogP contribution is -2.45. The highest BCUT2D eigenvalue weighted by Gasteiger charge is 2.31. The van der Waals surface area contributed by atoms with Gasteiger partial charge in [0, 0.05) is 37.8 Å². The van der Waals surface area contributed by atoms with E-state index in [1.807, 2.05) is 37.4 Å². The summed E-state index contributed by atoms with van der Waals surface area (Å²) in [7, 11) is 0. The summed E-state index contributed by atoms with van der Waals surface area (Å²) >= 11 is 0. The van der Waals surface area contributed by atoms with Gasteiger partial charge in [0.25, 0.3) is 0 Å². The average molecular weight is 314 g/mol. The molecule has 0 saturated carbocycles. The molecule has 1 aromatic carbocycles. The number of hydrogen-bond acceptors (Lipinski definition) is 2. The first-order chi connectivity index (χ1) is 11.0. The summed E-state index contributed by atoms with van der Waals surface area (Å²) in [5.74, 6) is -0.956. The molecule has 1 aliphatic rings. The van der Waals surface area contributed by atoms with E-state index in [2.05, 4.69) is 10.6 Å². The summed E-state index contributed by atoms with van der Waals surface area (Å²) in [6, 6.07) is 10.1. The van der Waals surface area contributed by atoms with Crippen molar-refractivity contribution in [1.29, 1.82) is 0 Å². The maximum Gasteiger partial charge on any atom is 0.308 e. The molecule has 2 aromatic rings. The van der Waals surface area contributed by atoms with E-state index >= 15 is 0 Å². The predicted molar refractivity (Wildman–Crippen MR) is 88.0 cm³/mol. The van der Waals surface area contributed by atoms with E-state index in [4.69, 9.17) is 0 Å². The van der Waals surface area contributed by atoms with Crippen molar-refractivity contribution in [1.82, 2.24) is 9.47 Å². The third-order valence-corrected chi connectivity index (χ3v) is 4.61. The summed E-state index contributed by atoms with van der Waals surface area (Å²) in [4.78, 5) is 25.4. The van der Waals surface area contributed by atoms with Gasteiger partial charge in [0.15, 0.2) is 0 Å². The second-order valence-electron chi connectivity index (χ2n) is 6.49. The molecule has 0 spiro atoms. The SMILES string of the molecule is CC1CC(C(=O)O)CN(C(=O)CCn2ccc3ccccc32)C1. The summed E-state index contributed by atoms with van der Waals surface area (Å²) in [5.41, 5.74) is 1.12. The number of carbonyl (C=O) groups excluding carboxylic acids is 1. The normalized spacial score (nSPS) is 21.5. The number of benzene rings is 1. The zero-order chi connectivity index (χ0) is 16.4. The van der Waals surface area contributed by atoms with Crippen LogP contribution in [0.3, 0.4) is 0 Å². The van der Waals surface area contributed by atoms with Crippen LogP contribution in [0.25, 0.3) is 10.9 Å². The number of likely N-dealkylation sites (tertiary alicyclic amines) is 1. The van der Waals surface area contributed by atoms with Crippen molar-refractivity contribution in [3.8, 4) is 0 Å². The van der Waals surface area contributed by atoms with Gasteiger partial charge in [-0.2, -0.15) is 0 Å². The van der Waals surface area contributed by atoms with Crippen LogP contribution in [-0.4, -0.2) is 39.5 Å². The van der Waals surface area contributed by atoms with Crippen LogP contribution in [0.5, 0.6) is 0 Å². The number of aliphatic carboxylic acids is 1. The molecule has 0 radical (unpaired) electrons. The Bertz CT molecular complexity index is 722. The van der Waals surface area contributed by atoms with Crippen LogP contribution in [0.15, 0.2) is 36.5 Å². The first-order valence-corrected chi connectivity index (χ1v) is 8.09. The lowest BCUT2D eigenvalue weighted by atomic mass is 9.90. The van der Waals surface area contributed by atoms with Gasteiger partial charge in [0.05, 0.1) is 5.92 Å². The molecule has 1 fully saturated rings. The number of aryl methyl sites for hydroxylation is 1. The molecule has 5 nitrogen and oxygen atoms in total. The number of carboxylic acids is 1. The average Bonchev–Trinajstić information content (AvgIpc) is 2.95. The molecule has 3 rings (SSSR count). The molecule has 0 aliphatic carbocycles. The number of hydrogen-bond donors (Lipinski definition) is 1. The molecule has 1 aliphatic heterocycles. The Morgan fingerprint density at radius 1 is 1.22 bits per heavy atom. The fourth-order valence-electron chi connectivity index (χ4n) is 3.44. The molecular formula is C18H22N2O3. The standard InChI is InChI=1S/C18H22N2O3/c1-13-10-15(18(22)23)12-20(11-13)17(21)7-9-19-8-6-14-4-2-3-5-16(14)19/h2-6,8,13,15H,7,9-12H2,1H3,(H,22,23). The first-order valence-electron chi connectivity index (χ1n) is 8.09. The second kappa shape index (κ2) is 6.44. The van der Waals surface area contributed by atoms with Crippen LogP contribution in [0.2, 0.25) is 0 Å². The van der Waals surface area contributed by atoms with Gasteiger partial charge in [-0.1, -0.05) is 25.1 Å². The molecule has 1 amide bonds. The quantitative estimate of drug-likeness (QED) is 0.943. The van der Waals surface area contributed by atoms with Crippen LogP contribution in [0.4, 0.5) is 0 Å². The van der Waals surface area contributed by atoms with Gasteiger partial charge in [0.1, 0.15) is 0 Å². The summed E-state index contributed by atoms with van der Waals surface area (Å²) in [6.45, 7) is 3.63. The highest BCUT2D eigenvalue weighted by atomic mass is 16.4. The highest BCUT2D eigenvalue weighted by molar-refractivity contribution is 5.81. The molecular weight excluding hydrogens is 292 g/mol. The smallest absolute Gasteiger partial charge is 0.308 e. The van der Waals surface area contributed by atoms with Crippen molar-refractivity contribution in [3.05, 3.63) is 36.5 Å². The van der Waals surface area contributed by atoms with Gasteiger partial charge < -0.3 is 14.6 Å². The lowest BCUT2D eigenvalue weighted by molar-refractivity contribution is -0.146. The van der Waals surface area contributed by atoms with E-state index < -0.39 is 11.9 Å². The Kier molecular flexibility index (Phi) is 4.37. The Hall–Kier alpha value is -2.30. The van der Waals surface area contributed by atoms with E-state index in [1.165, 1.54) is 0 Å². The number of para-hydroxylation sites is 1. The number of aromatic nitrogens is 1. The van der Waals surface area contributed by atoms with Crippen molar-refractivity contribution >= 4 is 22.8 Å². The van der Waals surface area contributed by atoms with E-state index in [0.29, 0.717) is 32.5 Å². The monoisotopic (exact) mass is 314 g/mol. The van der Waals surface area contributed by atoms with Crippen molar-refractivity contribution < 1.29 is 14.7 Å². The van der Waals surface area contributed by atoms with Gasteiger partial charge >= 0.3 is 5.97 Å². The van der Waals surface area contributed by atoms with E-state index in [1.54, 1.807) is 4.90 Å². The van der Waals surface area contributed by atoms with Gasteiger partial charge in [-0.05, 0) is 29.9 Å². The molecule has 2 unspecified atom stereocenters. The molecule has 2 heterocycles. The van der Waals surface area contributed by atoms with E-state index in [-0.39, 0.29) is 11.8 Å². The fourth-order valence-corrected chi connectivity index (χ4v) is 3.44. The van der Waals surface area contributed by atoms with Crippen molar-refractivity contribution in [2.75, 3.05) is 13.1 Å². The zero-order valence-electron chi connectivity index (χ0n) is 13.3. The van der Waals surface area contributed by atoms with Gasteiger partial charge in [-0.15, -0.1) is 0 Å². The van der Waals surface area contributed by atoms with Crippen LogP contribution < -0.4 is 0 Å². The number of nitrogens with zero attached hydrogens (tertiary/aromatic N) is 2. The lowest BCUT2D eigenvalue weighted by Gasteiger charge is -2.34. The number of rotatable bonds is 4. The van der Waals surface area contributed by atoms with Gasteiger partial charge in [-0.25, -0.2) is 0 Å². The third kappa shape index (κ3) is 3.38. The number of piperidine rings is 1. The van der Waals surface area contributed by atoms with E-state index in [0.717, 1.165) is 10.9 Å². The van der Waals surface area contributed by atoms with Crippen LogP contribution in [-0.2, 0) is 16.1 Å². The van der Waals surface area contributed by atoms with Crippen LogP contribution in [0, 0.1) is 11.8 Å². The molecule has 1 aromatic heterocycles. The Balaban J connectivity index is 1.63. The largest absolute Gasteiger partial charge is 0.481 e. The third-order valence-electron chi connectivity index (χ3n) is 4.61. The molecule has 2 atom stereocenters. The highest BCUT2D eigenvalue weighted by Crippen LogP contribution is 2.23. The fraction of sp³-hybridized carbons (Fsp3) is 0.444. The second-order valence-corrected chi connectivity index (χ2v) is 6.49. The summed E-state index contributed by atoms with van der Waals surface area (Å²) < 4.78 is 2.08. The minimum absolute atomic E-state index is 0.0422. The molecule has 23 heavy (non-hydrogen) atoms. The number of carbonyl (C=O) groups is 2. The topological polar surface area (TPSA) is 62.5 Å². The molecule has 122 valence electrons. The predicted octanol–water partition coefficient (Wildman–Crippen LogP) is 2.60. The summed E-state index contributed by atoms with van der Waals surface area (Å²) in [5, 5.41) is 10.4. The van der Waals surface area contributed by atoms with Gasteiger partial charge in [0.2, 0.25) is 5.91 Å². The number of amides is 1. The van der Waals surface area contributed by atoms with Crippen molar-refractivity contribution in [3.63, 3.8) is 0 Å². The number of carboxylic acid groups (broad SMARTS) is 1. The minimum atomic E-state index is -0.800. The zero-order valence-corrected chi connectivity index (χ0v) is 13.3. The Morgan fingerprint density at radius 2 is 2.00 bits per heavy atom. The first kappa shape index (κ1) is 15.6. The molecule has 5 heteroatoms. The van der Waals surface area contributed by atoms with Gasteiger partial charge in [-0.3, -0.25) is 9.59 Å². The maximum absolute atomic E-state index is 12.5. The molecule has 1 N–H and O–H groups in total. The Labute approximate surface area is 135 Å². The molecule has 1 saturated heterocycles. The van der Waals surface area contributed by atoms with Crippen molar-refractivity contribution in [2.24, 2.45) is 11.8 Å². The van der Waals surface area contributed by atoms with E-state index in [9.17, 15) is 14.7 Å². The maximum atomic E-state index is 12.5. The van der Waals surface area contributed by atoms with Crippen LogP contribution >= 0.6 is 0 Å². The Morgan fingerprint density at radius 3 is 2.78 bits per heavy atom. The minimum Gasteiger partial charge on any atom is -0.481 e. The van der Waals surface area contributed by atoms with Crippen LogP contribution in [0.1, 0.15) is 19.8 Å². The number of fused-ring (bicyclic) bond motifs is 1. The summed E-state index contributed by atoms with van der Waals surface area (Å²) in [6.07, 6.45) is 3.05.